The van der Waals surface area contributed by atoms with E-state index in [1.807, 2.05) is 0 Å². The molecule has 6 heteroatoms. The molecule has 6 heavy (non-hydrogen) atoms. The molecule has 0 saturated heterocycles. The van der Waals surface area contributed by atoms with E-state index < -0.39 is 9.64 Å². The predicted molar refractivity (Wildman–Crippen MR) is 21.7 cm³/mol. The summed E-state index contributed by atoms with van der Waals surface area (Å²) < 4.78 is 12.9. The molecule has 1 atom stereocenters. The molecule has 0 spiro atoms. The van der Waals surface area contributed by atoms with Crippen LogP contribution < -0.4 is 0 Å². The highest BCUT2D eigenvalue weighted by Gasteiger charge is 1.71. The van der Waals surface area contributed by atoms with E-state index in [0.29, 0.717) is 0 Å². The fourth-order valence-corrected chi connectivity index (χ4v) is 0.163. The maximum atomic E-state index is 9.50. The van der Waals surface area contributed by atoms with Crippen LogP contribution in [-0.2, 0) is 30.2 Å². The van der Waals surface area contributed by atoms with Crippen molar-refractivity contribution in [3.8, 4) is 0 Å². The van der Waals surface area contributed by atoms with Gasteiger partial charge in [0.25, 0.3) is 0 Å². The van der Waals surface area contributed by atoms with Crippen LogP contribution in [0.5, 0.6) is 0 Å². The van der Waals surface area contributed by atoms with E-state index in [1.54, 1.807) is 0 Å². The van der Waals surface area contributed by atoms with Gasteiger partial charge in [0, 0.05) is 11.2 Å². The molecule has 38 valence electrons. The standard InChI is InChI=1S/H2O4S2/c1-3-4-6(2)5/h1,6H. The molecule has 0 heterocycles. The molecule has 0 aromatic carbocycles. The first-order chi connectivity index (χ1) is 2.77. The highest BCUT2D eigenvalue weighted by atomic mass is 32.8. The van der Waals surface area contributed by atoms with Crippen molar-refractivity contribution in [2.75, 3.05) is 0 Å². The highest BCUT2D eigenvalue weighted by molar-refractivity contribution is 8.19. The Labute approximate surface area is 40.4 Å². The number of hydrogen-bond acceptors (Lipinski definition) is 5. The van der Waals surface area contributed by atoms with Crippen molar-refractivity contribution in [2.45, 2.75) is 0 Å². The molecule has 0 saturated carbocycles. The first kappa shape index (κ1) is 6.25. The predicted octanol–water partition coefficient (Wildman–Crippen LogP) is -0.734. The van der Waals surface area contributed by atoms with E-state index in [-0.39, 0.29) is 0 Å². The van der Waals surface area contributed by atoms with Crippen LogP contribution in [0, 0.1) is 0 Å². The van der Waals surface area contributed by atoms with Gasteiger partial charge in [0.05, 0.1) is 0 Å². The van der Waals surface area contributed by atoms with Gasteiger partial charge in [-0.05, 0) is 0 Å². The largest absolute Gasteiger partial charge is 0.229 e. The summed E-state index contributed by atoms with van der Waals surface area (Å²) in [6.45, 7) is 0. The van der Waals surface area contributed by atoms with Gasteiger partial charge in [0.15, 0.2) is 9.64 Å². The Morgan fingerprint density at radius 2 is 2.33 bits per heavy atom. The topological polar surface area (TPSA) is 55.8 Å². The van der Waals surface area contributed by atoms with Gasteiger partial charge in [-0.15, -0.1) is 4.33 Å². The fourth-order valence-electron chi connectivity index (χ4n) is 0.0272. The normalized spacial score (nSPS) is 14.2. The number of thiol groups is 1. The molecule has 0 bridgehead atoms. The van der Waals surface area contributed by atoms with Crippen molar-refractivity contribution in [3.63, 3.8) is 0 Å². The molecule has 0 aromatic rings. The smallest absolute Gasteiger partial charge is 0.166 e. The molecular formula is H2O4S2. The average molecular weight is 130 g/mol. The first-order valence-electron chi connectivity index (χ1n) is 0.897. The maximum absolute atomic E-state index is 9.50. The second-order valence-corrected chi connectivity index (χ2v) is 1.86. The van der Waals surface area contributed by atoms with Crippen LogP contribution in [0.4, 0.5) is 0 Å². The zero-order chi connectivity index (χ0) is 4.99. The Kier molecular flexibility index (Phi) is 3.58. The third-order valence-corrected chi connectivity index (χ3v) is 0.465. The minimum Gasteiger partial charge on any atom is -0.229 e. The minimum absolute atomic E-state index is 2.24. The van der Waals surface area contributed by atoms with Gasteiger partial charge in [-0.1, -0.05) is 5.04 Å². The molecule has 0 fully saturated rings. The third kappa shape index (κ3) is 4.25. The molecule has 1 N–H and O–H groups in total. The second kappa shape index (κ2) is 3.44. The maximum Gasteiger partial charge on any atom is 0.166 e. The van der Waals surface area contributed by atoms with E-state index in [9.17, 15) is 4.21 Å². The van der Waals surface area contributed by atoms with E-state index >= 15 is 0 Å². The summed E-state index contributed by atoms with van der Waals surface area (Å²) in [5.74, 6) is 0. The summed E-state index contributed by atoms with van der Waals surface area (Å²) in [6, 6.07) is 0. The van der Waals surface area contributed by atoms with Crippen molar-refractivity contribution in [3.05, 3.63) is 0 Å². The summed E-state index contributed by atoms with van der Waals surface area (Å²) in [7, 11) is -2.24. The van der Waals surface area contributed by atoms with Crippen LogP contribution in [0.25, 0.3) is 0 Å². The van der Waals surface area contributed by atoms with Gasteiger partial charge >= 0.3 is 0 Å². The van der Waals surface area contributed by atoms with E-state index in [2.05, 4.69) is 20.6 Å². The lowest BCUT2D eigenvalue weighted by Gasteiger charge is -1.78. The molecule has 0 aliphatic carbocycles. The lowest BCUT2D eigenvalue weighted by atomic mass is 14.6. The van der Waals surface area contributed by atoms with Crippen molar-refractivity contribution in [1.82, 2.24) is 0 Å². The van der Waals surface area contributed by atoms with Crippen LogP contribution in [0.15, 0.2) is 0 Å². The van der Waals surface area contributed by atoms with Gasteiger partial charge in [0.1, 0.15) is 0 Å². The van der Waals surface area contributed by atoms with Crippen LogP contribution in [0.2, 0.25) is 0 Å². The molecule has 0 rings (SSSR count). The number of rotatable bonds is 2. The summed E-state index contributed by atoms with van der Waals surface area (Å²) in [4.78, 5) is 0. The monoisotopic (exact) mass is 130 g/mol. The van der Waals surface area contributed by atoms with Gasteiger partial charge < -0.3 is 0 Å². The van der Waals surface area contributed by atoms with Gasteiger partial charge in [-0.2, -0.15) is 0 Å². The van der Waals surface area contributed by atoms with Crippen molar-refractivity contribution in [2.24, 2.45) is 0 Å². The lowest BCUT2D eigenvalue weighted by Crippen LogP contribution is -1.82. The molecule has 0 amide bonds. The Bertz CT molecular complexity index is 73.5. The second-order valence-electron chi connectivity index (χ2n) is 0.373. The highest BCUT2D eigenvalue weighted by Crippen LogP contribution is 1.66. The molecule has 0 aliphatic rings. The van der Waals surface area contributed by atoms with Crippen LogP contribution in [0.3, 0.4) is 0 Å². The fraction of sp³-hybridized carbons (Fsp3) is 0. The Hall–Kier alpha value is 0.250. The molecule has 4 nitrogen and oxygen atoms in total. The van der Waals surface area contributed by atoms with Crippen molar-refractivity contribution >= 4 is 20.8 Å². The summed E-state index contributed by atoms with van der Waals surface area (Å²) in [6.07, 6.45) is 0. The summed E-state index contributed by atoms with van der Waals surface area (Å²) in [5.41, 5.74) is 0. The first-order valence-corrected chi connectivity index (χ1v) is 3.09. The summed E-state index contributed by atoms with van der Waals surface area (Å²) in [5, 5.41) is 10.2. The third-order valence-electron chi connectivity index (χ3n) is 0.0942. The quantitative estimate of drug-likeness (QED) is 0.293. The average Bonchev–Trinajstić information content (AvgIpc) is 1.35. The van der Waals surface area contributed by atoms with E-state index in [4.69, 9.17) is 5.26 Å². The minimum atomic E-state index is -2.24. The van der Waals surface area contributed by atoms with Crippen molar-refractivity contribution < 1.29 is 18.8 Å². The van der Waals surface area contributed by atoms with E-state index in [1.165, 1.54) is 0 Å². The zero-order valence-electron chi connectivity index (χ0n) is 2.53. The molecular weight excluding hydrogens is 128 g/mol. The van der Waals surface area contributed by atoms with Crippen LogP contribution in [0.1, 0.15) is 0 Å². The Balaban J connectivity index is 3.07. The zero-order valence-corrected chi connectivity index (χ0v) is 4.24. The van der Waals surface area contributed by atoms with Gasteiger partial charge in [0.2, 0.25) is 0 Å². The van der Waals surface area contributed by atoms with Crippen LogP contribution >= 0.6 is 0 Å². The number of hydrogen-bond donors (Lipinski definition) is 2. The Morgan fingerprint density at radius 1 is 1.83 bits per heavy atom. The molecule has 0 aliphatic heterocycles. The SMILES string of the molecule is O=[SH](=S)OOO. The molecule has 0 aromatic heterocycles. The van der Waals surface area contributed by atoms with Gasteiger partial charge in [-0.3, -0.25) is 0 Å². The summed E-state index contributed by atoms with van der Waals surface area (Å²) >= 11 is 3.88. The Morgan fingerprint density at radius 3 is 2.33 bits per heavy atom. The molecule has 1 unspecified atom stereocenters. The lowest BCUT2D eigenvalue weighted by molar-refractivity contribution is -0.433. The molecule has 0 radical (unpaired) electrons. The van der Waals surface area contributed by atoms with Crippen molar-refractivity contribution in [1.29, 1.82) is 0 Å². The van der Waals surface area contributed by atoms with Gasteiger partial charge in [-0.25, -0.2) is 9.47 Å². The van der Waals surface area contributed by atoms with Crippen LogP contribution in [-0.4, -0.2) is 9.47 Å². The van der Waals surface area contributed by atoms with E-state index in [0.717, 1.165) is 0 Å².